The van der Waals surface area contributed by atoms with E-state index in [9.17, 15) is 9.59 Å². The molecule has 0 atom stereocenters. The maximum atomic E-state index is 12.9. The highest BCUT2D eigenvalue weighted by Crippen LogP contribution is 2.38. The van der Waals surface area contributed by atoms with Crippen LogP contribution in [0.1, 0.15) is 37.7 Å². The molecular weight excluding hydrogens is 300 g/mol. The Kier molecular flexibility index (Phi) is 4.84. The van der Waals surface area contributed by atoms with E-state index < -0.39 is 0 Å². The van der Waals surface area contributed by atoms with Crippen molar-refractivity contribution in [1.29, 1.82) is 0 Å². The van der Waals surface area contributed by atoms with Gasteiger partial charge in [0.05, 0.1) is 12.0 Å². The minimum Gasteiger partial charge on any atom is -0.330 e. The van der Waals surface area contributed by atoms with Crippen LogP contribution in [-0.2, 0) is 16.0 Å². The molecule has 24 heavy (non-hydrogen) atoms. The molecule has 1 N–H and O–H groups in total. The molecule has 0 saturated heterocycles. The topological polar surface area (TPSA) is 49.4 Å². The Morgan fingerprint density at radius 1 is 1.21 bits per heavy atom. The number of para-hydroxylation sites is 1. The summed E-state index contributed by atoms with van der Waals surface area (Å²) in [6.45, 7) is 4.17. The highest BCUT2D eigenvalue weighted by Gasteiger charge is 2.40. The van der Waals surface area contributed by atoms with Crippen molar-refractivity contribution in [2.75, 3.05) is 11.9 Å². The summed E-state index contributed by atoms with van der Waals surface area (Å²) in [6.07, 6.45) is 11.6. The van der Waals surface area contributed by atoms with E-state index in [2.05, 4.69) is 24.0 Å². The van der Waals surface area contributed by atoms with Crippen LogP contribution in [0.25, 0.3) is 0 Å². The molecule has 126 valence electrons. The van der Waals surface area contributed by atoms with Gasteiger partial charge in [-0.05, 0) is 30.5 Å². The zero-order chi connectivity index (χ0) is 17.0. The van der Waals surface area contributed by atoms with E-state index in [0.29, 0.717) is 18.7 Å². The number of hydrogen-bond acceptors (Lipinski definition) is 2. The number of anilines is 1. The Balaban J connectivity index is 1.75. The molecule has 0 radical (unpaired) electrons. The summed E-state index contributed by atoms with van der Waals surface area (Å²) >= 11 is 0. The van der Waals surface area contributed by atoms with Gasteiger partial charge in [-0.2, -0.15) is 0 Å². The third-order valence-electron chi connectivity index (χ3n) is 5.08. The van der Waals surface area contributed by atoms with E-state index in [1.165, 1.54) is 25.3 Å². The minimum absolute atomic E-state index is 0.0748. The second-order valence-corrected chi connectivity index (χ2v) is 6.60. The first-order valence-electron chi connectivity index (χ1n) is 8.64. The number of benzene rings is 1. The number of rotatable bonds is 4. The van der Waals surface area contributed by atoms with Crippen LogP contribution in [0.3, 0.4) is 0 Å². The van der Waals surface area contributed by atoms with Gasteiger partial charge in [-0.15, -0.1) is 0 Å². The number of hydrogen-bond donors (Lipinski definition) is 1. The zero-order valence-corrected chi connectivity index (χ0v) is 14.0. The van der Waals surface area contributed by atoms with Gasteiger partial charge in [0.2, 0.25) is 11.8 Å². The van der Waals surface area contributed by atoms with Crippen molar-refractivity contribution in [3.63, 3.8) is 0 Å². The lowest BCUT2D eigenvalue weighted by Gasteiger charge is -2.41. The summed E-state index contributed by atoms with van der Waals surface area (Å²) < 4.78 is 0. The molecule has 2 amide bonds. The number of nitrogens with one attached hydrogen (secondary N) is 1. The van der Waals surface area contributed by atoms with Gasteiger partial charge in [-0.1, -0.05) is 56.2 Å². The van der Waals surface area contributed by atoms with Crippen molar-refractivity contribution in [2.45, 2.75) is 44.1 Å². The SMILES string of the molecule is C=CC(=O)Nc1ccccc1CC(=O)N1CC=CC12CCCCC2. The fourth-order valence-corrected chi connectivity index (χ4v) is 3.84. The second kappa shape index (κ2) is 7.04. The van der Waals surface area contributed by atoms with Crippen LogP contribution >= 0.6 is 0 Å². The van der Waals surface area contributed by atoms with Crippen molar-refractivity contribution in [1.82, 2.24) is 4.90 Å². The maximum absolute atomic E-state index is 12.9. The molecule has 0 bridgehead atoms. The Hall–Kier alpha value is -2.36. The quantitative estimate of drug-likeness (QED) is 0.681. The third-order valence-corrected chi connectivity index (χ3v) is 5.08. The van der Waals surface area contributed by atoms with Crippen molar-refractivity contribution in [3.8, 4) is 0 Å². The molecule has 0 unspecified atom stereocenters. The van der Waals surface area contributed by atoms with Crippen LogP contribution in [0.5, 0.6) is 0 Å². The molecule has 4 nitrogen and oxygen atoms in total. The smallest absolute Gasteiger partial charge is 0.247 e. The van der Waals surface area contributed by atoms with Gasteiger partial charge in [0.1, 0.15) is 0 Å². The molecule has 3 rings (SSSR count). The molecule has 1 aliphatic carbocycles. The summed E-state index contributed by atoms with van der Waals surface area (Å²) in [6, 6.07) is 7.47. The van der Waals surface area contributed by atoms with Gasteiger partial charge in [0, 0.05) is 12.2 Å². The average Bonchev–Trinajstić information content (AvgIpc) is 3.00. The lowest BCUT2D eigenvalue weighted by atomic mass is 9.81. The summed E-state index contributed by atoms with van der Waals surface area (Å²) in [5.74, 6) is -0.135. The van der Waals surface area contributed by atoms with E-state index in [4.69, 9.17) is 0 Å². The second-order valence-electron chi connectivity index (χ2n) is 6.60. The van der Waals surface area contributed by atoms with Gasteiger partial charge >= 0.3 is 0 Å². The number of amides is 2. The van der Waals surface area contributed by atoms with Crippen LogP contribution in [0.4, 0.5) is 5.69 Å². The molecule has 4 heteroatoms. The predicted molar refractivity (Wildman–Crippen MR) is 95.6 cm³/mol. The first-order valence-corrected chi connectivity index (χ1v) is 8.64. The number of carbonyl (C=O) groups excluding carboxylic acids is 2. The van der Waals surface area contributed by atoms with Crippen LogP contribution in [-0.4, -0.2) is 28.8 Å². The van der Waals surface area contributed by atoms with E-state index in [-0.39, 0.29) is 17.4 Å². The van der Waals surface area contributed by atoms with Gasteiger partial charge < -0.3 is 10.2 Å². The normalized spacial score (nSPS) is 18.6. The molecule has 1 aromatic carbocycles. The van der Waals surface area contributed by atoms with Crippen molar-refractivity contribution < 1.29 is 9.59 Å². The van der Waals surface area contributed by atoms with E-state index in [1.807, 2.05) is 29.2 Å². The summed E-state index contributed by atoms with van der Waals surface area (Å²) in [7, 11) is 0. The Morgan fingerprint density at radius 3 is 2.71 bits per heavy atom. The van der Waals surface area contributed by atoms with Crippen molar-refractivity contribution in [2.24, 2.45) is 0 Å². The summed E-state index contributed by atoms with van der Waals surface area (Å²) in [5, 5.41) is 2.78. The minimum atomic E-state index is -0.263. The molecule has 1 heterocycles. The first-order chi connectivity index (χ1) is 11.6. The Bertz CT molecular complexity index is 672. The van der Waals surface area contributed by atoms with Crippen LogP contribution < -0.4 is 5.32 Å². The van der Waals surface area contributed by atoms with Crippen LogP contribution in [0, 0.1) is 0 Å². The molecule has 1 saturated carbocycles. The molecule has 1 spiro atoms. The Labute approximate surface area is 143 Å². The molecular formula is C20H24N2O2. The molecule has 1 aromatic rings. The van der Waals surface area contributed by atoms with Gasteiger partial charge in [0.25, 0.3) is 0 Å². The molecule has 2 aliphatic rings. The van der Waals surface area contributed by atoms with Crippen LogP contribution in [0.15, 0.2) is 49.1 Å². The number of carbonyl (C=O) groups is 2. The molecule has 1 fully saturated rings. The maximum Gasteiger partial charge on any atom is 0.247 e. The lowest BCUT2D eigenvalue weighted by molar-refractivity contribution is -0.134. The predicted octanol–water partition coefficient (Wildman–Crippen LogP) is 3.45. The largest absolute Gasteiger partial charge is 0.330 e. The van der Waals surface area contributed by atoms with Crippen LogP contribution in [0.2, 0.25) is 0 Å². The number of nitrogens with zero attached hydrogens (tertiary/aromatic N) is 1. The molecule has 0 aromatic heterocycles. The molecule has 1 aliphatic heterocycles. The first kappa shape index (κ1) is 16.5. The fraction of sp³-hybridized carbons (Fsp3) is 0.400. The fourth-order valence-electron chi connectivity index (χ4n) is 3.84. The standard InChI is InChI=1S/C20H24N2O2/c1-2-18(23)21-17-10-5-4-9-16(17)15-19(24)22-14-8-13-20(22)11-6-3-7-12-20/h2,4-5,8-10,13H,1,3,6-7,11-12,14-15H2,(H,21,23). The van der Waals surface area contributed by atoms with E-state index >= 15 is 0 Å². The summed E-state index contributed by atoms with van der Waals surface area (Å²) in [4.78, 5) is 26.6. The Morgan fingerprint density at radius 2 is 1.96 bits per heavy atom. The van der Waals surface area contributed by atoms with Crippen molar-refractivity contribution >= 4 is 17.5 Å². The monoisotopic (exact) mass is 324 g/mol. The summed E-state index contributed by atoms with van der Waals surface area (Å²) in [5.41, 5.74) is 1.45. The highest BCUT2D eigenvalue weighted by atomic mass is 16.2. The lowest BCUT2D eigenvalue weighted by Crippen LogP contribution is -2.49. The third kappa shape index (κ3) is 3.28. The highest BCUT2D eigenvalue weighted by molar-refractivity contribution is 5.99. The van der Waals surface area contributed by atoms with Gasteiger partial charge in [0.15, 0.2) is 0 Å². The zero-order valence-electron chi connectivity index (χ0n) is 14.0. The van der Waals surface area contributed by atoms with Gasteiger partial charge in [-0.3, -0.25) is 9.59 Å². The van der Waals surface area contributed by atoms with E-state index in [1.54, 1.807) is 0 Å². The van der Waals surface area contributed by atoms with Crippen molar-refractivity contribution in [3.05, 3.63) is 54.6 Å². The van der Waals surface area contributed by atoms with Gasteiger partial charge in [-0.25, -0.2) is 0 Å². The van der Waals surface area contributed by atoms with E-state index in [0.717, 1.165) is 18.4 Å². The average molecular weight is 324 g/mol.